The third-order valence-corrected chi connectivity index (χ3v) is 4.62. The number of amides is 1. The van der Waals surface area contributed by atoms with Crippen molar-refractivity contribution in [2.75, 3.05) is 6.54 Å². The zero-order valence-corrected chi connectivity index (χ0v) is 13.9. The van der Waals surface area contributed by atoms with Crippen LogP contribution in [-0.2, 0) is 6.42 Å². The summed E-state index contributed by atoms with van der Waals surface area (Å²) >= 11 is 1.68. The van der Waals surface area contributed by atoms with E-state index in [1.165, 1.54) is 4.88 Å². The van der Waals surface area contributed by atoms with Crippen molar-refractivity contribution in [2.24, 2.45) is 0 Å². The van der Waals surface area contributed by atoms with Crippen LogP contribution in [0.25, 0.3) is 11.3 Å². The number of carbonyl (C=O) groups is 1. The van der Waals surface area contributed by atoms with Gasteiger partial charge in [-0.05, 0) is 13.8 Å². The highest BCUT2D eigenvalue weighted by atomic mass is 32.1. The van der Waals surface area contributed by atoms with Gasteiger partial charge in [0.1, 0.15) is 0 Å². The molecule has 3 aromatic rings. The van der Waals surface area contributed by atoms with Crippen LogP contribution < -0.4 is 5.32 Å². The maximum Gasteiger partial charge on any atom is 0.254 e. The Labute approximate surface area is 138 Å². The van der Waals surface area contributed by atoms with Crippen molar-refractivity contribution in [3.8, 4) is 11.3 Å². The van der Waals surface area contributed by atoms with Gasteiger partial charge in [-0.3, -0.25) is 9.89 Å². The standard InChI is InChI=1S/C17H18N4OS/c1-11-14(10-19-21-11)17(22)18-9-8-15-20-16(12(2)23-15)13-6-4-3-5-7-13/h3-7,10H,8-9H2,1-2H3,(H,18,22)(H,19,21). The molecule has 118 valence electrons. The zero-order valence-electron chi connectivity index (χ0n) is 13.1. The lowest BCUT2D eigenvalue weighted by atomic mass is 10.1. The number of rotatable bonds is 5. The van der Waals surface area contributed by atoms with Gasteiger partial charge in [0.2, 0.25) is 0 Å². The van der Waals surface area contributed by atoms with Crippen LogP contribution in [0.5, 0.6) is 0 Å². The fourth-order valence-corrected chi connectivity index (χ4v) is 3.33. The van der Waals surface area contributed by atoms with Crippen molar-refractivity contribution in [3.05, 3.63) is 57.7 Å². The quantitative estimate of drug-likeness (QED) is 0.757. The molecule has 0 spiro atoms. The number of thiazole rings is 1. The van der Waals surface area contributed by atoms with E-state index < -0.39 is 0 Å². The summed E-state index contributed by atoms with van der Waals surface area (Å²) in [6.45, 7) is 4.47. The van der Waals surface area contributed by atoms with Crippen LogP contribution in [0.1, 0.15) is 25.9 Å². The average Bonchev–Trinajstić information content (AvgIpc) is 3.14. The molecule has 0 unspecified atom stereocenters. The number of aryl methyl sites for hydroxylation is 2. The van der Waals surface area contributed by atoms with Crippen molar-refractivity contribution >= 4 is 17.2 Å². The Morgan fingerprint density at radius 3 is 2.74 bits per heavy atom. The van der Waals surface area contributed by atoms with Gasteiger partial charge in [0.25, 0.3) is 5.91 Å². The molecule has 3 rings (SSSR count). The number of H-pyrrole nitrogens is 1. The summed E-state index contributed by atoms with van der Waals surface area (Å²) in [6.07, 6.45) is 2.27. The van der Waals surface area contributed by atoms with Crippen LogP contribution in [0, 0.1) is 13.8 Å². The van der Waals surface area contributed by atoms with Crippen molar-refractivity contribution in [1.29, 1.82) is 0 Å². The van der Waals surface area contributed by atoms with E-state index >= 15 is 0 Å². The van der Waals surface area contributed by atoms with E-state index in [2.05, 4.69) is 34.6 Å². The van der Waals surface area contributed by atoms with Crippen molar-refractivity contribution < 1.29 is 4.79 Å². The Morgan fingerprint density at radius 2 is 2.04 bits per heavy atom. The Bertz CT molecular complexity index is 807. The normalized spacial score (nSPS) is 10.7. The number of hydrogen-bond acceptors (Lipinski definition) is 4. The summed E-state index contributed by atoms with van der Waals surface area (Å²) in [5, 5.41) is 10.6. The largest absolute Gasteiger partial charge is 0.352 e. The SMILES string of the molecule is Cc1[nH]ncc1C(=O)NCCc1nc(-c2ccccc2)c(C)s1. The van der Waals surface area contributed by atoms with Gasteiger partial charge in [0, 0.05) is 29.1 Å². The van der Waals surface area contributed by atoms with Gasteiger partial charge in [-0.25, -0.2) is 4.98 Å². The Balaban J connectivity index is 1.61. The smallest absolute Gasteiger partial charge is 0.254 e. The molecule has 0 saturated heterocycles. The summed E-state index contributed by atoms with van der Waals surface area (Å²) in [4.78, 5) is 17.9. The second-order valence-electron chi connectivity index (χ2n) is 5.29. The highest BCUT2D eigenvalue weighted by Crippen LogP contribution is 2.27. The molecule has 1 amide bonds. The Hall–Kier alpha value is -2.47. The van der Waals surface area contributed by atoms with E-state index in [4.69, 9.17) is 4.98 Å². The summed E-state index contributed by atoms with van der Waals surface area (Å²) in [5.74, 6) is -0.104. The molecule has 0 fully saturated rings. The second kappa shape index (κ2) is 6.75. The summed E-state index contributed by atoms with van der Waals surface area (Å²) in [6, 6.07) is 10.2. The van der Waals surface area contributed by atoms with E-state index in [-0.39, 0.29) is 5.91 Å². The molecular weight excluding hydrogens is 308 g/mol. The highest BCUT2D eigenvalue weighted by molar-refractivity contribution is 7.12. The number of nitrogens with one attached hydrogen (secondary N) is 2. The van der Waals surface area contributed by atoms with Crippen molar-refractivity contribution in [3.63, 3.8) is 0 Å². The molecule has 0 aliphatic heterocycles. The maximum atomic E-state index is 12.0. The van der Waals surface area contributed by atoms with Gasteiger partial charge in [0.05, 0.1) is 22.5 Å². The van der Waals surface area contributed by atoms with Crippen LogP contribution >= 0.6 is 11.3 Å². The van der Waals surface area contributed by atoms with Crippen LogP contribution in [-0.4, -0.2) is 27.6 Å². The van der Waals surface area contributed by atoms with E-state index in [0.29, 0.717) is 12.1 Å². The predicted molar refractivity (Wildman–Crippen MR) is 91.6 cm³/mol. The first-order valence-corrected chi connectivity index (χ1v) is 8.26. The lowest BCUT2D eigenvalue weighted by Crippen LogP contribution is -2.25. The highest BCUT2D eigenvalue weighted by Gasteiger charge is 2.12. The lowest BCUT2D eigenvalue weighted by molar-refractivity contribution is 0.0953. The predicted octanol–water partition coefficient (Wildman–Crippen LogP) is 3.12. The van der Waals surface area contributed by atoms with Gasteiger partial charge in [-0.2, -0.15) is 5.10 Å². The number of hydrogen-bond donors (Lipinski definition) is 2. The van der Waals surface area contributed by atoms with E-state index in [1.54, 1.807) is 17.5 Å². The molecule has 2 N–H and O–H groups in total. The van der Waals surface area contributed by atoms with Crippen molar-refractivity contribution in [2.45, 2.75) is 20.3 Å². The molecule has 5 nitrogen and oxygen atoms in total. The summed E-state index contributed by atoms with van der Waals surface area (Å²) in [5.41, 5.74) is 3.53. The van der Waals surface area contributed by atoms with E-state index in [0.717, 1.165) is 28.4 Å². The van der Waals surface area contributed by atoms with Gasteiger partial charge < -0.3 is 5.32 Å². The number of aromatic nitrogens is 3. The second-order valence-corrected chi connectivity index (χ2v) is 6.58. The molecule has 0 aliphatic rings. The molecule has 0 saturated carbocycles. The zero-order chi connectivity index (χ0) is 16.2. The number of carbonyl (C=O) groups excluding carboxylic acids is 1. The third kappa shape index (κ3) is 3.48. The van der Waals surface area contributed by atoms with Gasteiger partial charge in [-0.1, -0.05) is 30.3 Å². The molecule has 0 radical (unpaired) electrons. The van der Waals surface area contributed by atoms with Crippen LogP contribution in [0.4, 0.5) is 0 Å². The Morgan fingerprint density at radius 1 is 1.26 bits per heavy atom. The monoisotopic (exact) mass is 326 g/mol. The Kier molecular flexibility index (Phi) is 4.52. The molecule has 0 aliphatic carbocycles. The fraction of sp³-hybridized carbons (Fsp3) is 0.235. The molecule has 23 heavy (non-hydrogen) atoms. The minimum atomic E-state index is -0.104. The third-order valence-electron chi connectivity index (χ3n) is 3.59. The van der Waals surface area contributed by atoms with Crippen LogP contribution in [0.2, 0.25) is 0 Å². The van der Waals surface area contributed by atoms with Gasteiger partial charge in [0.15, 0.2) is 0 Å². The summed E-state index contributed by atoms with van der Waals surface area (Å²) in [7, 11) is 0. The minimum Gasteiger partial charge on any atom is -0.352 e. The first-order valence-electron chi connectivity index (χ1n) is 7.45. The summed E-state index contributed by atoms with van der Waals surface area (Å²) < 4.78 is 0. The molecule has 0 atom stereocenters. The number of nitrogens with zero attached hydrogens (tertiary/aromatic N) is 2. The minimum absolute atomic E-state index is 0.104. The first kappa shape index (κ1) is 15.4. The number of benzene rings is 1. The van der Waals surface area contributed by atoms with Crippen LogP contribution in [0.15, 0.2) is 36.5 Å². The first-order chi connectivity index (χ1) is 11.1. The van der Waals surface area contributed by atoms with Gasteiger partial charge in [-0.15, -0.1) is 11.3 Å². The number of aromatic amines is 1. The average molecular weight is 326 g/mol. The van der Waals surface area contributed by atoms with Crippen molar-refractivity contribution in [1.82, 2.24) is 20.5 Å². The van der Waals surface area contributed by atoms with E-state index in [1.807, 2.05) is 25.1 Å². The fourth-order valence-electron chi connectivity index (χ4n) is 2.38. The van der Waals surface area contributed by atoms with Gasteiger partial charge >= 0.3 is 0 Å². The molecule has 1 aromatic carbocycles. The molecule has 6 heteroatoms. The van der Waals surface area contributed by atoms with E-state index in [9.17, 15) is 4.79 Å². The molecule has 2 heterocycles. The molecule has 0 bridgehead atoms. The molecule has 2 aromatic heterocycles. The topological polar surface area (TPSA) is 70.7 Å². The molecular formula is C17H18N4OS. The maximum absolute atomic E-state index is 12.0. The van der Waals surface area contributed by atoms with Crippen LogP contribution in [0.3, 0.4) is 0 Å². The lowest BCUT2D eigenvalue weighted by Gasteiger charge is -2.02.